The second-order valence-electron chi connectivity index (χ2n) is 3.69. The normalized spacial score (nSPS) is 9.95. The van der Waals surface area contributed by atoms with Crippen molar-refractivity contribution in [2.75, 3.05) is 13.3 Å². The lowest BCUT2D eigenvalue weighted by atomic mass is 10.2. The number of aromatic nitrogens is 2. The van der Waals surface area contributed by atoms with E-state index in [1.807, 2.05) is 18.4 Å². The molecule has 2 rings (SSSR count). The van der Waals surface area contributed by atoms with E-state index in [-0.39, 0.29) is 5.91 Å². The lowest BCUT2D eigenvalue weighted by Gasteiger charge is -2.07. The average Bonchev–Trinajstić information content (AvgIpc) is 2.95. The fraction of sp³-hybridized carbons (Fsp3) is 0.154. The molecule has 0 bridgehead atoms. The molecule has 0 saturated carbocycles. The Hall–Kier alpha value is -2.26. The highest BCUT2D eigenvalue weighted by atomic mass is 32.2. The van der Waals surface area contributed by atoms with Gasteiger partial charge in [0.1, 0.15) is 6.07 Å². The van der Waals surface area contributed by atoms with Crippen molar-refractivity contribution in [3.8, 4) is 11.8 Å². The second kappa shape index (κ2) is 5.59. The molecule has 2 aromatic rings. The summed E-state index contributed by atoms with van der Waals surface area (Å²) in [6, 6.07) is 9.35. The molecule has 1 aromatic carbocycles. The highest BCUT2D eigenvalue weighted by molar-refractivity contribution is 7.98. The van der Waals surface area contributed by atoms with Crippen molar-refractivity contribution in [1.82, 2.24) is 15.1 Å². The van der Waals surface area contributed by atoms with Gasteiger partial charge in [0.2, 0.25) is 0 Å². The fourth-order valence-corrected chi connectivity index (χ4v) is 2.27. The molecule has 0 radical (unpaired) electrons. The van der Waals surface area contributed by atoms with Crippen molar-refractivity contribution in [3.63, 3.8) is 0 Å². The van der Waals surface area contributed by atoms with Crippen molar-refractivity contribution in [2.45, 2.75) is 4.90 Å². The zero-order chi connectivity index (χ0) is 13.8. The Morgan fingerprint density at radius 1 is 1.47 bits per heavy atom. The summed E-state index contributed by atoms with van der Waals surface area (Å²) in [7, 11) is 1.55. The molecule has 1 N–H and O–H groups in total. The van der Waals surface area contributed by atoms with Crippen LogP contribution in [0.3, 0.4) is 0 Å². The molecule has 0 aliphatic heterocycles. The molecule has 96 valence electrons. The van der Waals surface area contributed by atoms with Crippen molar-refractivity contribution >= 4 is 17.7 Å². The molecule has 0 unspecified atom stereocenters. The fourth-order valence-electron chi connectivity index (χ4n) is 1.70. The first-order chi connectivity index (χ1) is 9.21. The zero-order valence-electron chi connectivity index (χ0n) is 10.5. The number of carbonyl (C=O) groups is 1. The Balaban J connectivity index is 2.51. The first kappa shape index (κ1) is 13.2. The lowest BCUT2D eigenvalue weighted by molar-refractivity contribution is 0.0957. The minimum Gasteiger partial charge on any atom is -0.354 e. The summed E-state index contributed by atoms with van der Waals surface area (Å²) < 4.78 is 1.54. The predicted molar refractivity (Wildman–Crippen MR) is 73.5 cm³/mol. The van der Waals surface area contributed by atoms with Crippen LogP contribution in [0.5, 0.6) is 0 Å². The van der Waals surface area contributed by atoms with Gasteiger partial charge in [-0.05, 0) is 24.5 Å². The number of hydrogen-bond acceptors (Lipinski definition) is 4. The maximum Gasteiger partial charge on any atom is 0.271 e. The van der Waals surface area contributed by atoms with Gasteiger partial charge < -0.3 is 5.32 Å². The largest absolute Gasteiger partial charge is 0.354 e. The van der Waals surface area contributed by atoms with Gasteiger partial charge in [-0.3, -0.25) is 4.79 Å². The predicted octanol–water partition coefficient (Wildman–Crippen LogP) is 1.83. The van der Waals surface area contributed by atoms with E-state index in [1.54, 1.807) is 30.1 Å². The van der Waals surface area contributed by atoms with E-state index in [0.717, 1.165) is 4.90 Å². The maximum absolute atomic E-state index is 11.5. The maximum atomic E-state index is 11.5. The number of nitrogens with zero attached hydrogens (tertiary/aromatic N) is 3. The van der Waals surface area contributed by atoms with Crippen LogP contribution in [0, 0.1) is 11.3 Å². The molecule has 0 spiro atoms. The van der Waals surface area contributed by atoms with Crippen molar-refractivity contribution in [3.05, 3.63) is 41.7 Å². The van der Waals surface area contributed by atoms with Gasteiger partial charge in [0.15, 0.2) is 5.69 Å². The molecule has 19 heavy (non-hydrogen) atoms. The Morgan fingerprint density at radius 3 is 2.89 bits per heavy atom. The third-order valence-corrected chi connectivity index (χ3v) is 3.41. The average molecular weight is 272 g/mol. The van der Waals surface area contributed by atoms with Gasteiger partial charge in [0.25, 0.3) is 5.91 Å². The summed E-state index contributed by atoms with van der Waals surface area (Å²) in [4.78, 5) is 12.4. The summed E-state index contributed by atoms with van der Waals surface area (Å²) in [6.07, 6.45) is 3.59. The van der Waals surface area contributed by atoms with Gasteiger partial charge >= 0.3 is 0 Å². The Bertz CT molecular complexity index is 657. The number of benzene rings is 1. The monoisotopic (exact) mass is 272 g/mol. The highest BCUT2D eigenvalue weighted by Gasteiger charge is 2.12. The van der Waals surface area contributed by atoms with Gasteiger partial charge in [0, 0.05) is 18.1 Å². The van der Waals surface area contributed by atoms with E-state index in [4.69, 9.17) is 0 Å². The number of amides is 1. The van der Waals surface area contributed by atoms with E-state index in [2.05, 4.69) is 16.5 Å². The van der Waals surface area contributed by atoms with Crippen LogP contribution in [0.1, 0.15) is 16.1 Å². The van der Waals surface area contributed by atoms with Gasteiger partial charge in [-0.25, -0.2) is 4.68 Å². The van der Waals surface area contributed by atoms with Crippen LogP contribution in [-0.4, -0.2) is 29.0 Å². The number of nitriles is 1. The molecular formula is C13H12N4OS. The quantitative estimate of drug-likeness (QED) is 0.865. The summed E-state index contributed by atoms with van der Waals surface area (Å²) >= 11 is 1.50. The Kier molecular flexibility index (Phi) is 3.88. The van der Waals surface area contributed by atoms with E-state index in [9.17, 15) is 10.1 Å². The molecule has 1 aromatic heterocycles. The molecule has 0 saturated heterocycles. The summed E-state index contributed by atoms with van der Waals surface area (Å²) in [5, 5.41) is 16.0. The molecule has 1 amide bonds. The van der Waals surface area contributed by atoms with E-state index in [1.165, 1.54) is 11.8 Å². The smallest absolute Gasteiger partial charge is 0.271 e. The first-order valence-corrected chi connectivity index (χ1v) is 6.79. The first-order valence-electron chi connectivity index (χ1n) is 5.56. The molecule has 0 fully saturated rings. The van der Waals surface area contributed by atoms with Gasteiger partial charge in [-0.2, -0.15) is 10.4 Å². The SMILES string of the molecule is CNC(=O)c1ccn(-c2cccc(SC)c2C#N)n1. The number of nitrogens with one attached hydrogen (secondary N) is 1. The standard InChI is InChI=1S/C13H12N4OS/c1-15-13(18)10-6-7-17(16-10)11-4-3-5-12(19-2)9(11)8-14/h3-7H,1-2H3,(H,15,18). The van der Waals surface area contributed by atoms with Crippen LogP contribution in [0.4, 0.5) is 0 Å². The van der Waals surface area contributed by atoms with Crippen molar-refractivity contribution in [2.24, 2.45) is 0 Å². The van der Waals surface area contributed by atoms with E-state index < -0.39 is 0 Å². The second-order valence-corrected chi connectivity index (χ2v) is 4.54. The molecule has 0 aliphatic rings. The van der Waals surface area contributed by atoms with Crippen LogP contribution >= 0.6 is 11.8 Å². The molecule has 1 heterocycles. The minimum absolute atomic E-state index is 0.252. The number of rotatable bonds is 3. The third kappa shape index (κ3) is 2.46. The van der Waals surface area contributed by atoms with Crippen LogP contribution in [-0.2, 0) is 0 Å². The molecule has 0 atom stereocenters. The Labute approximate surface area is 115 Å². The lowest BCUT2D eigenvalue weighted by Crippen LogP contribution is -2.18. The third-order valence-electron chi connectivity index (χ3n) is 2.63. The topological polar surface area (TPSA) is 70.7 Å². The number of carbonyl (C=O) groups excluding carboxylic acids is 1. The van der Waals surface area contributed by atoms with E-state index in [0.29, 0.717) is 16.9 Å². The number of thioether (sulfide) groups is 1. The van der Waals surface area contributed by atoms with Gasteiger partial charge in [-0.1, -0.05) is 6.07 Å². The van der Waals surface area contributed by atoms with E-state index >= 15 is 0 Å². The molecular weight excluding hydrogens is 260 g/mol. The molecule has 5 nitrogen and oxygen atoms in total. The van der Waals surface area contributed by atoms with Crippen LogP contribution < -0.4 is 5.32 Å². The summed E-state index contributed by atoms with van der Waals surface area (Å²) in [6.45, 7) is 0. The number of hydrogen-bond donors (Lipinski definition) is 1. The van der Waals surface area contributed by atoms with Crippen LogP contribution in [0.2, 0.25) is 0 Å². The molecule has 0 aliphatic carbocycles. The van der Waals surface area contributed by atoms with Crippen molar-refractivity contribution < 1.29 is 4.79 Å². The molecule has 6 heteroatoms. The summed E-state index contributed by atoms with van der Waals surface area (Å²) in [5.74, 6) is -0.252. The highest BCUT2D eigenvalue weighted by Crippen LogP contribution is 2.25. The van der Waals surface area contributed by atoms with Crippen LogP contribution in [0.25, 0.3) is 5.69 Å². The minimum atomic E-state index is -0.252. The van der Waals surface area contributed by atoms with Gasteiger partial charge in [-0.15, -0.1) is 11.8 Å². The summed E-state index contributed by atoms with van der Waals surface area (Å²) in [5.41, 5.74) is 1.55. The van der Waals surface area contributed by atoms with Crippen LogP contribution in [0.15, 0.2) is 35.4 Å². The zero-order valence-corrected chi connectivity index (χ0v) is 11.4. The van der Waals surface area contributed by atoms with Gasteiger partial charge in [0.05, 0.1) is 11.3 Å². The van der Waals surface area contributed by atoms with Crippen molar-refractivity contribution in [1.29, 1.82) is 5.26 Å². The Morgan fingerprint density at radius 2 is 2.26 bits per heavy atom.